The SMILES string of the molecule is O=S(=O)(CCCl)CC(O)C(O)CS(=O)(=O)CCCl. The Bertz CT molecular complexity index is 391. The zero-order valence-corrected chi connectivity index (χ0v) is 12.6. The van der Waals surface area contributed by atoms with Crippen LogP contribution >= 0.6 is 23.2 Å². The van der Waals surface area contributed by atoms with Crippen LogP contribution in [-0.4, -0.2) is 74.0 Å². The molecule has 0 aliphatic rings. The molecule has 0 rings (SSSR count). The molecule has 0 bridgehead atoms. The second-order valence-corrected chi connectivity index (χ2v) is 8.95. The van der Waals surface area contributed by atoms with E-state index in [0.29, 0.717) is 0 Å². The predicted molar refractivity (Wildman–Crippen MR) is 70.8 cm³/mol. The van der Waals surface area contributed by atoms with E-state index >= 15 is 0 Å². The van der Waals surface area contributed by atoms with Crippen LogP contribution < -0.4 is 0 Å². The van der Waals surface area contributed by atoms with Gasteiger partial charge in [0.1, 0.15) is 0 Å². The minimum absolute atomic E-state index is 0.129. The first-order valence-electron chi connectivity index (χ1n) is 5.02. The topological polar surface area (TPSA) is 109 Å². The van der Waals surface area contributed by atoms with Crippen molar-refractivity contribution in [1.29, 1.82) is 0 Å². The molecule has 0 amide bonds. The van der Waals surface area contributed by atoms with E-state index in [0.717, 1.165) is 0 Å². The van der Waals surface area contributed by atoms with Gasteiger partial charge in [-0.05, 0) is 0 Å². The van der Waals surface area contributed by atoms with Gasteiger partial charge in [0.05, 0.1) is 35.2 Å². The summed E-state index contributed by atoms with van der Waals surface area (Å²) in [6.07, 6.45) is -3.33. The molecule has 0 aromatic rings. The molecule has 0 saturated carbocycles. The average molecular weight is 343 g/mol. The van der Waals surface area contributed by atoms with Crippen molar-refractivity contribution in [3.63, 3.8) is 0 Å². The third-order valence-electron chi connectivity index (χ3n) is 2.07. The molecule has 0 aliphatic carbocycles. The number of hydrogen-bond acceptors (Lipinski definition) is 6. The summed E-state index contributed by atoms with van der Waals surface area (Å²) in [4.78, 5) is 0. The summed E-state index contributed by atoms with van der Waals surface area (Å²) in [5.41, 5.74) is 0. The maximum absolute atomic E-state index is 11.3. The molecule has 2 N–H and O–H groups in total. The minimum Gasteiger partial charge on any atom is -0.389 e. The number of sulfone groups is 2. The van der Waals surface area contributed by atoms with Gasteiger partial charge in [-0.25, -0.2) is 16.8 Å². The smallest absolute Gasteiger partial charge is 0.154 e. The lowest BCUT2D eigenvalue weighted by atomic mass is 10.3. The van der Waals surface area contributed by atoms with Crippen molar-refractivity contribution in [2.45, 2.75) is 12.2 Å². The van der Waals surface area contributed by atoms with Crippen LogP contribution in [-0.2, 0) is 19.7 Å². The molecule has 0 heterocycles. The van der Waals surface area contributed by atoms with Gasteiger partial charge in [-0.2, -0.15) is 0 Å². The zero-order valence-electron chi connectivity index (χ0n) is 9.50. The quantitative estimate of drug-likeness (QED) is 0.521. The van der Waals surface area contributed by atoms with Crippen LogP contribution in [0.4, 0.5) is 0 Å². The lowest BCUT2D eigenvalue weighted by Gasteiger charge is -2.17. The van der Waals surface area contributed by atoms with Gasteiger partial charge in [-0.15, -0.1) is 23.2 Å². The predicted octanol–water partition coefficient (Wildman–Crippen LogP) is -0.985. The third-order valence-corrected chi connectivity index (χ3v) is 6.25. The maximum Gasteiger partial charge on any atom is 0.154 e. The maximum atomic E-state index is 11.3. The summed E-state index contributed by atoms with van der Waals surface area (Å²) in [6.45, 7) is 0. The van der Waals surface area contributed by atoms with Gasteiger partial charge in [0.2, 0.25) is 0 Å². The summed E-state index contributed by atoms with van der Waals surface area (Å²) in [6, 6.07) is 0. The van der Waals surface area contributed by atoms with Crippen molar-refractivity contribution in [3.8, 4) is 0 Å². The molecule has 0 spiro atoms. The number of hydrogen-bond donors (Lipinski definition) is 2. The van der Waals surface area contributed by atoms with E-state index in [4.69, 9.17) is 23.2 Å². The Labute approximate surface area is 117 Å². The van der Waals surface area contributed by atoms with Crippen molar-refractivity contribution < 1.29 is 27.0 Å². The Balaban J connectivity index is 4.49. The van der Waals surface area contributed by atoms with Crippen LogP contribution in [0.15, 0.2) is 0 Å². The van der Waals surface area contributed by atoms with Gasteiger partial charge in [-0.3, -0.25) is 0 Å². The molecule has 6 nitrogen and oxygen atoms in total. The molecule has 10 heteroatoms. The van der Waals surface area contributed by atoms with Gasteiger partial charge in [0.25, 0.3) is 0 Å². The largest absolute Gasteiger partial charge is 0.389 e. The molecule has 110 valence electrons. The molecule has 0 saturated heterocycles. The lowest BCUT2D eigenvalue weighted by molar-refractivity contribution is 0.0478. The fourth-order valence-corrected chi connectivity index (χ4v) is 4.84. The molecule has 0 fully saturated rings. The number of aliphatic hydroxyl groups excluding tert-OH is 2. The molecule has 0 radical (unpaired) electrons. The van der Waals surface area contributed by atoms with Crippen molar-refractivity contribution in [1.82, 2.24) is 0 Å². The molecule has 2 unspecified atom stereocenters. The highest BCUT2D eigenvalue weighted by atomic mass is 35.5. The van der Waals surface area contributed by atoms with Gasteiger partial charge in [0.15, 0.2) is 19.7 Å². The lowest BCUT2D eigenvalue weighted by Crippen LogP contribution is -2.39. The number of halogens is 2. The van der Waals surface area contributed by atoms with E-state index in [9.17, 15) is 27.0 Å². The van der Waals surface area contributed by atoms with Crippen LogP contribution in [0, 0.1) is 0 Å². The Morgan fingerprint density at radius 2 is 1.06 bits per heavy atom. The molecule has 0 aliphatic heterocycles. The van der Waals surface area contributed by atoms with Gasteiger partial charge < -0.3 is 10.2 Å². The van der Waals surface area contributed by atoms with Crippen molar-refractivity contribution in [2.24, 2.45) is 0 Å². The van der Waals surface area contributed by atoms with Crippen LogP contribution in [0.25, 0.3) is 0 Å². The Kier molecular flexibility index (Phi) is 8.04. The number of rotatable bonds is 9. The van der Waals surface area contributed by atoms with Crippen LogP contribution in [0.2, 0.25) is 0 Å². The summed E-state index contributed by atoms with van der Waals surface area (Å²) in [7, 11) is -7.21. The Morgan fingerprint density at radius 1 is 0.778 bits per heavy atom. The first kappa shape index (κ1) is 18.4. The second kappa shape index (κ2) is 7.86. The molecule has 18 heavy (non-hydrogen) atoms. The standard InChI is InChI=1S/C8H16Cl2O6S2/c9-1-3-17(13,14)5-7(11)8(12)6-18(15,16)4-2-10/h7-8,11-12H,1-6H2. The van der Waals surface area contributed by atoms with Crippen molar-refractivity contribution >= 4 is 42.9 Å². The van der Waals surface area contributed by atoms with E-state index in [-0.39, 0.29) is 23.3 Å². The van der Waals surface area contributed by atoms with Crippen molar-refractivity contribution in [3.05, 3.63) is 0 Å². The molecular weight excluding hydrogens is 327 g/mol. The van der Waals surface area contributed by atoms with Crippen LogP contribution in [0.3, 0.4) is 0 Å². The minimum atomic E-state index is -3.61. The highest BCUT2D eigenvalue weighted by molar-refractivity contribution is 7.91. The Hall–Kier alpha value is 0.400. The first-order chi connectivity index (χ1) is 8.13. The summed E-state index contributed by atoms with van der Waals surface area (Å²) in [5.74, 6) is -2.39. The van der Waals surface area contributed by atoms with E-state index in [1.54, 1.807) is 0 Å². The highest BCUT2D eigenvalue weighted by Gasteiger charge is 2.27. The zero-order chi connectivity index (χ0) is 14.4. The van der Waals surface area contributed by atoms with Crippen LogP contribution in [0.1, 0.15) is 0 Å². The van der Waals surface area contributed by atoms with Crippen molar-refractivity contribution in [2.75, 3.05) is 34.8 Å². The van der Waals surface area contributed by atoms with Crippen LogP contribution in [0.5, 0.6) is 0 Å². The fraction of sp³-hybridized carbons (Fsp3) is 1.00. The Morgan fingerprint density at radius 3 is 1.28 bits per heavy atom. The molecule has 2 atom stereocenters. The highest BCUT2D eigenvalue weighted by Crippen LogP contribution is 2.05. The van der Waals surface area contributed by atoms with Gasteiger partial charge in [0, 0.05) is 11.8 Å². The van der Waals surface area contributed by atoms with Gasteiger partial charge in [-0.1, -0.05) is 0 Å². The number of alkyl halides is 2. The summed E-state index contributed by atoms with van der Waals surface area (Å²) < 4.78 is 45.2. The van der Waals surface area contributed by atoms with E-state index in [1.807, 2.05) is 0 Å². The third kappa shape index (κ3) is 7.75. The van der Waals surface area contributed by atoms with E-state index in [1.165, 1.54) is 0 Å². The molecule has 0 aromatic heterocycles. The molecular formula is C8H16Cl2O6S2. The summed E-state index contributed by atoms with van der Waals surface area (Å²) in [5, 5.41) is 18.9. The fourth-order valence-electron chi connectivity index (χ4n) is 1.14. The first-order valence-corrected chi connectivity index (χ1v) is 9.73. The second-order valence-electron chi connectivity index (χ2n) is 3.74. The van der Waals surface area contributed by atoms with Gasteiger partial charge >= 0.3 is 0 Å². The summed E-state index contributed by atoms with van der Waals surface area (Å²) >= 11 is 10.5. The number of aliphatic hydroxyl groups is 2. The molecule has 0 aromatic carbocycles. The normalized spacial score (nSPS) is 16.4. The van der Waals surface area contributed by atoms with E-state index in [2.05, 4.69) is 0 Å². The average Bonchev–Trinajstić information content (AvgIpc) is 2.15. The monoisotopic (exact) mass is 342 g/mol. The van der Waals surface area contributed by atoms with E-state index < -0.39 is 43.4 Å².